The lowest BCUT2D eigenvalue weighted by Crippen LogP contribution is -2.06. The Bertz CT molecular complexity index is 1200. The van der Waals surface area contributed by atoms with E-state index in [1.165, 1.54) is 6.07 Å². The van der Waals surface area contributed by atoms with Crippen molar-refractivity contribution in [1.29, 1.82) is 0 Å². The number of nitrogens with one attached hydrogen (secondary N) is 1. The van der Waals surface area contributed by atoms with Gasteiger partial charge in [0.2, 0.25) is 5.95 Å². The van der Waals surface area contributed by atoms with Crippen molar-refractivity contribution in [2.45, 2.75) is 10.6 Å². The number of fused-ring (bicyclic) bond motifs is 1. The quantitative estimate of drug-likeness (QED) is 0.552. The molecule has 138 valence electrons. The number of methoxy groups -OCH3 is 1. The first-order chi connectivity index (χ1) is 13.0. The maximum absolute atomic E-state index is 12.9. The molecule has 0 saturated carbocycles. The van der Waals surface area contributed by atoms with Crippen LogP contribution in [0.4, 0.5) is 0 Å². The maximum atomic E-state index is 12.9. The Kier molecular flexibility index (Phi) is 4.37. The van der Waals surface area contributed by atoms with Crippen molar-refractivity contribution in [2.24, 2.45) is 0 Å². The van der Waals surface area contributed by atoms with Gasteiger partial charge in [-0.25, -0.2) is 18.1 Å². The van der Waals surface area contributed by atoms with Crippen LogP contribution in [0.25, 0.3) is 17.0 Å². The monoisotopic (exact) mass is 402 g/mol. The molecule has 2 heterocycles. The molecule has 0 saturated heterocycles. The lowest BCUT2D eigenvalue weighted by molar-refractivity contribution is 0.414. The Morgan fingerprint density at radius 1 is 1.22 bits per heavy atom. The Morgan fingerprint density at radius 3 is 2.67 bits per heavy atom. The number of ether oxygens (including phenoxy) is 1. The lowest BCUT2D eigenvalue weighted by atomic mass is 10.2. The third-order valence-corrected chi connectivity index (χ3v) is 6.24. The van der Waals surface area contributed by atoms with Gasteiger partial charge in [-0.05, 0) is 35.9 Å². The van der Waals surface area contributed by atoms with Crippen LogP contribution < -0.4 is 4.74 Å². The maximum Gasteiger partial charge on any atom is 0.229 e. The van der Waals surface area contributed by atoms with Gasteiger partial charge >= 0.3 is 0 Å². The van der Waals surface area contributed by atoms with Gasteiger partial charge in [0, 0.05) is 12.4 Å². The molecule has 0 aliphatic carbocycles. The number of H-pyrrole nitrogens is 1. The molecular weight excluding hydrogens is 388 g/mol. The van der Waals surface area contributed by atoms with Crippen LogP contribution in [0.1, 0.15) is 5.56 Å². The number of imidazole rings is 1. The van der Waals surface area contributed by atoms with E-state index in [4.69, 9.17) is 16.3 Å². The van der Waals surface area contributed by atoms with Crippen molar-refractivity contribution in [3.8, 4) is 11.7 Å². The number of aromatic nitrogens is 4. The molecule has 0 atom stereocenters. The zero-order chi connectivity index (χ0) is 19.0. The molecule has 9 heteroatoms. The molecule has 0 amide bonds. The molecule has 0 bridgehead atoms. The van der Waals surface area contributed by atoms with Gasteiger partial charge in [-0.15, -0.1) is 0 Å². The van der Waals surface area contributed by atoms with Gasteiger partial charge in [0.05, 0.1) is 33.8 Å². The molecule has 0 radical (unpaired) electrons. The van der Waals surface area contributed by atoms with Crippen LogP contribution in [0, 0.1) is 0 Å². The largest absolute Gasteiger partial charge is 0.497 e. The summed E-state index contributed by atoms with van der Waals surface area (Å²) in [5.74, 6) is 0.979. The van der Waals surface area contributed by atoms with E-state index in [1.807, 2.05) is 0 Å². The van der Waals surface area contributed by atoms with Gasteiger partial charge < -0.3 is 9.72 Å². The topological polar surface area (TPSA) is 89.9 Å². The van der Waals surface area contributed by atoms with Crippen LogP contribution in [-0.2, 0) is 15.6 Å². The van der Waals surface area contributed by atoms with Crippen molar-refractivity contribution >= 4 is 32.5 Å². The second-order valence-electron chi connectivity index (χ2n) is 5.92. The number of benzene rings is 2. The Hall–Kier alpha value is -2.84. The summed E-state index contributed by atoms with van der Waals surface area (Å²) in [6.45, 7) is 0. The highest BCUT2D eigenvalue weighted by Crippen LogP contribution is 2.29. The van der Waals surface area contributed by atoms with E-state index in [0.717, 1.165) is 0 Å². The van der Waals surface area contributed by atoms with E-state index in [0.29, 0.717) is 28.3 Å². The summed E-state index contributed by atoms with van der Waals surface area (Å²) in [6, 6.07) is 11.7. The zero-order valence-electron chi connectivity index (χ0n) is 14.3. The Morgan fingerprint density at radius 2 is 2.00 bits per heavy atom. The number of sulfone groups is 1. The fourth-order valence-corrected chi connectivity index (χ4v) is 4.71. The summed E-state index contributed by atoms with van der Waals surface area (Å²) in [7, 11) is -2.09. The first-order valence-electron chi connectivity index (χ1n) is 8.01. The Labute approximate surface area is 160 Å². The van der Waals surface area contributed by atoms with Crippen LogP contribution in [-0.4, -0.2) is 35.3 Å². The number of aromatic amines is 1. The van der Waals surface area contributed by atoms with Crippen molar-refractivity contribution < 1.29 is 13.2 Å². The fraction of sp³-hybridized carbons (Fsp3) is 0.111. The molecule has 4 aromatic rings. The number of hydrogen-bond acceptors (Lipinski definition) is 5. The zero-order valence-corrected chi connectivity index (χ0v) is 15.8. The molecule has 4 rings (SSSR count). The van der Waals surface area contributed by atoms with Crippen molar-refractivity contribution in [3.05, 3.63) is 65.4 Å². The first kappa shape index (κ1) is 17.6. The molecule has 7 nitrogen and oxygen atoms in total. The first-order valence-corrected chi connectivity index (χ1v) is 10.0. The van der Waals surface area contributed by atoms with E-state index in [-0.39, 0.29) is 15.7 Å². The predicted octanol–water partition coefficient (Wildman–Crippen LogP) is 3.38. The van der Waals surface area contributed by atoms with Crippen LogP contribution in [0.15, 0.2) is 59.8 Å². The van der Waals surface area contributed by atoms with Crippen molar-refractivity contribution in [2.75, 3.05) is 7.11 Å². The predicted molar refractivity (Wildman–Crippen MR) is 102 cm³/mol. The average Bonchev–Trinajstić information content (AvgIpc) is 3.30. The summed E-state index contributed by atoms with van der Waals surface area (Å²) in [6.07, 6.45) is 3.37. The second kappa shape index (κ2) is 6.71. The summed E-state index contributed by atoms with van der Waals surface area (Å²) < 4.78 is 32.4. The highest BCUT2D eigenvalue weighted by Gasteiger charge is 2.21. The number of rotatable bonds is 5. The molecule has 0 unspecified atom stereocenters. The molecule has 0 aliphatic rings. The molecule has 0 fully saturated rings. The van der Waals surface area contributed by atoms with Gasteiger partial charge in [0.1, 0.15) is 5.75 Å². The SMILES string of the molecule is COc1ccc(CS(=O)(=O)c2cc3nc(-n4cccn4)[nH]c3cc2Cl)cc1. The van der Waals surface area contributed by atoms with E-state index in [2.05, 4.69) is 15.1 Å². The molecular formula is C18H15ClN4O3S. The molecule has 1 N–H and O–H groups in total. The number of halogens is 1. The minimum absolute atomic E-state index is 0.0472. The van der Waals surface area contributed by atoms with Gasteiger partial charge in [0.25, 0.3) is 0 Å². The normalized spacial score (nSPS) is 11.8. The molecule has 0 spiro atoms. The van der Waals surface area contributed by atoms with Gasteiger partial charge in [-0.3, -0.25) is 0 Å². The summed E-state index contributed by atoms with van der Waals surface area (Å²) in [5.41, 5.74) is 1.78. The summed E-state index contributed by atoms with van der Waals surface area (Å²) >= 11 is 6.27. The van der Waals surface area contributed by atoms with E-state index >= 15 is 0 Å². The third-order valence-electron chi connectivity index (χ3n) is 4.10. The molecule has 2 aromatic heterocycles. The number of hydrogen-bond donors (Lipinski definition) is 1. The van der Waals surface area contributed by atoms with Crippen LogP contribution in [0.2, 0.25) is 5.02 Å². The van der Waals surface area contributed by atoms with Crippen molar-refractivity contribution in [3.63, 3.8) is 0 Å². The second-order valence-corrected chi connectivity index (χ2v) is 8.28. The van der Waals surface area contributed by atoms with Crippen LogP contribution in [0.5, 0.6) is 5.75 Å². The van der Waals surface area contributed by atoms with Crippen LogP contribution in [0.3, 0.4) is 0 Å². The summed E-state index contributed by atoms with van der Waals surface area (Å²) in [4.78, 5) is 7.53. The van der Waals surface area contributed by atoms with E-state index < -0.39 is 9.84 Å². The van der Waals surface area contributed by atoms with Gasteiger partial charge in [-0.2, -0.15) is 5.10 Å². The summed E-state index contributed by atoms with van der Waals surface area (Å²) in [5, 5.41) is 4.25. The lowest BCUT2D eigenvalue weighted by Gasteiger charge is -2.07. The van der Waals surface area contributed by atoms with Gasteiger partial charge in [-0.1, -0.05) is 23.7 Å². The van der Waals surface area contributed by atoms with E-state index in [9.17, 15) is 8.42 Å². The smallest absolute Gasteiger partial charge is 0.229 e. The van der Waals surface area contributed by atoms with Crippen LogP contribution >= 0.6 is 11.6 Å². The highest BCUT2D eigenvalue weighted by atomic mass is 35.5. The number of nitrogens with zero attached hydrogens (tertiary/aromatic N) is 3. The third kappa shape index (κ3) is 3.41. The van der Waals surface area contributed by atoms with E-state index in [1.54, 1.807) is 60.6 Å². The Balaban J connectivity index is 1.71. The highest BCUT2D eigenvalue weighted by molar-refractivity contribution is 7.90. The van der Waals surface area contributed by atoms with Crippen molar-refractivity contribution in [1.82, 2.24) is 19.7 Å². The molecule has 2 aromatic carbocycles. The standard InChI is InChI=1S/C18H15ClN4O3S/c1-26-13-5-3-12(4-6-13)11-27(24,25)17-10-16-15(9-14(17)19)21-18(22-16)23-8-2-7-20-23/h2-10H,11H2,1H3,(H,21,22). The fourth-order valence-electron chi connectivity index (χ4n) is 2.76. The minimum Gasteiger partial charge on any atom is -0.497 e. The molecule has 0 aliphatic heterocycles. The molecule has 27 heavy (non-hydrogen) atoms. The average molecular weight is 403 g/mol. The minimum atomic E-state index is -3.65. The van der Waals surface area contributed by atoms with Gasteiger partial charge in [0.15, 0.2) is 9.84 Å².